The first-order valence-corrected chi connectivity index (χ1v) is 10.1. The van der Waals surface area contributed by atoms with Gasteiger partial charge in [0.1, 0.15) is 11.5 Å². The molecule has 2 aromatic carbocycles. The molecule has 0 atom stereocenters. The largest absolute Gasteiger partial charge is 0.506 e. The first kappa shape index (κ1) is 21.6. The molecule has 1 aliphatic rings. The molecule has 2 amide bonds. The second-order valence-corrected chi connectivity index (χ2v) is 7.62. The number of hydrogen-bond acceptors (Lipinski definition) is 5. The Morgan fingerprint density at radius 1 is 1.13 bits per heavy atom. The van der Waals surface area contributed by atoms with Crippen LogP contribution >= 0.6 is 0 Å². The molecule has 0 spiro atoms. The zero-order valence-corrected chi connectivity index (χ0v) is 17.5. The second-order valence-electron chi connectivity index (χ2n) is 7.62. The lowest BCUT2D eigenvalue weighted by atomic mass is 9.95. The summed E-state index contributed by atoms with van der Waals surface area (Å²) in [5.41, 5.74) is 1.40. The Morgan fingerprint density at radius 2 is 1.80 bits per heavy atom. The molecule has 2 aromatic rings. The van der Waals surface area contributed by atoms with Crippen LogP contribution in [-0.2, 0) is 16.1 Å². The minimum Gasteiger partial charge on any atom is -0.506 e. The Labute approximate surface area is 177 Å². The summed E-state index contributed by atoms with van der Waals surface area (Å²) in [6, 6.07) is 14.4. The highest BCUT2D eigenvalue weighted by atomic mass is 16.5. The van der Waals surface area contributed by atoms with Gasteiger partial charge in [-0.25, -0.2) is 0 Å². The summed E-state index contributed by atoms with van der Waals surface area (Å²) < 4.78 is 5.36. The maximum atomic E-state index is 12.6. The smallest absolute Gasteiger partial charge is 0.236 e. The van der Waals surface area contributed by atoms with Crippen molar-refractivity contribution >= 4 is 17.5 Å². The number of para-hydroxylation sites is 3. The minimum absolute atomic E-state index is 0.0398. The molecule has 1 fully saturated rings. The molecule has 7 heteroatoms. The monoisotopic (exact) mass is 411 g/mol. The molecule has 0 aliphatic carbocycles. The second kappa shape index (κ2) is 10.1. The molecule has 0 saturated carbocycles. The number of methoxy groups -OCH3 is 1. The summed E-state index contributed by atoms with van der Waals surface area (Å²) in [6.45, 7) is 2.20. The van der Waals surface area contributed by atoms with Crippen LogP contribution in [0.1, 0.15) is 18.4 Å². The predicted octanol–water partition coefficient (Wildman–Crippen LogP) is 2.71. The molecule has 160 valence electrons. The number of carbonyl (C=O) groups excluding carboxylic acids is 2. The van der Waals surface area contributed by atoms with Gasteiger partial charge < -0.3 is 20.1 Å². The molecule has 1 heterocycles. The highest BCUT2D eigenvalue weighted by Gasteiger charge is 2.27. The van der Waals surface area contributed by atoms with Crippen LogP contribution in [0.25, 0.3) is 0 Å². The summed E-state index contributed by atoms with van der Waals surface area (Å²) in [5, 5.41) is 12.6. The normalized spacial score (nSPS) is 14.9. The summed E-state index contributed by atoms with van der Waals surface area (Å²) >= 11 is 0. The van der Waals surface area contributed by atoms with Crippen LogP contribution < -0.4 is 10.1 Å². The number of phenols is 1. The first-order chi connectivity index (χ1) is 14.5. The van der Waals surface area contributed by atoms with E-state index in [1.54, 1.807) is 43.3 Å². The number of amides is 2. The lowest BCUT2D eigenvalue weighted by Crippen LogP contribution is -2.43. The van der Waals surface area contributed by atoms with Crippen LogP contribution in [0.3, 0.4) is 0 Å². The fraction of sp³-hybridized carbons (Fsp3) is 0.391. The van der Waals surface area contributed by atoms with E-state index in [0.717, 1.165) is 11.3 Å². The quantitative estimate of drug-likeness (QED) is 0.685. The average molecular weight is 412 g/mol. The lowest BCUT2D eigenvalue weighted by Gasteiger charge is -2.32. The van der Waals surface area contributed by atoms with Crippen molar-refractivity contribution < 1.29 is 19.4 Å². The molecular formula is C23H29N3O4. The average Bonchev–Trinajstić information content (AvgIpc) is 2.76. The van der Waals surface area contributed by atoms with Crippen molar-refractivity contribution in [1.82, 2.24) is 9.80 Å². The number of nitrogens with one attached hydrogen (secondary N) is 1. The van der Waals surface area contributed by atoms with E-state index in [2.05, 4.69) is 10.2 Å². The fourth-order valence-corrected chi connectivity index (χ4v) is 3.66. The zero-order valence-electron chi connectivity index (χ0n) is 17.5. The topological polar surface area (TPSA) is 82.1 Å². The summed E-state index contributed by atoms with van der Waals surface area (Å²) in [7, 11) is 3.42. The van der Waals surface area contributed by atoms with Gasteiger partial charge in [-0.1, -0.05) is 30.3 Å². The van der Waals surface area contributed by atoms with Gasteiger partial charge in [0.2, 0.25) is 11.8 Å². The van der Waals surface area contributed by atoms with Gasteiger partial charge >= 0.3 is 0 Å². The highest BCUT2D eigenvalue weighted by molar-refractivity contribution is 5.93. The molecule has 3 rings (SSSR count). The Morgan fingerprint density at radius 3 is 2.50 bits per heavy atom. The van der Waals surface area contributed by atoms with Crippen molar-refractivity contribution in [2.24, 2.45) is 5.92 Å². The molecule has 0 bridgehead atoms. The SMILES string of the molecule is COc1ccccc1CN(C)C(=O)CN1CCC(C(=O)Nc2ccccc2O)CC1. The van der Waals surface area contributed by atoms with E-state index in [0.29, 0.717) is 44.7 Å². The highest BCUT2D eigenvalue weighted by Crippen LogP contribution is 2.25. The van der Waals surface area contributed by atoms with E-state index in [1.807, 2.05) is 24.3 Å². The van der Waals surface area contributed by atoms with E-state index >= 15 is 0 Å². The Kier molecular flexibility index (Phi) is 7.30. The molecule has 1 aliphatic heterocycles. The van der Waals surface area contributed by atoms with E-state index in [9.17, 15) is 14.7 Å². The molecule has 0 aromatic heterocycles. The molecule has 1 saturated heterocycles. The summed E-state index contributed by atoms with van der Waals surface area (Å²) in [4.78, 5) is 28.9. The van der Waals surface area contributed by atoms with Crippen molar-refractivity contribution in [1.29, 1.82) is 0 Å². The van der Waals surface area contributed by atoms with E-state index in [1.165, 1.54) is 0 Å². The number of rotatable bonds is 7. The van der Waals surface area contributed by atoms with Crippen LogP contribution in [0.4, 0.5) is 5.69 Å². The molecule has 2 N–H and O–H groups in total. The van der Waals surface area contributed by atoms with Crippen molar-refractivity contribution in [3.63, 3.8) is 0 Å². The number of piperidine rings is 1. The van der Waals surface area contributed by atoms with Crippen molar-refractivity contribution in [2.45, 2.75) is 19.4 Å². The molecule has 0 radical (unpaired) electrons. The molecular weight excluding hydrogens is 382 g/mol. The molecule has 7 nitrogen and oxygen atoms in total. The van der Waals surface area contributed by atoms with E-state index in [4.69, 9.17) is 4.74 Å². The number of likely N-dealkylation sites (N-methyl/N-ethyl adjacent to an activating group) is 1. The third-order valence-electron chi connectivity index (χ3n) is 5.50. The number of phenolic OH excluding ortho intramolecular Hbond substituents is 1. The van der Waals surface area contributed by atoms with Gasteiger partial charge in [-0.2, -0.15) is 0 Å². The van der Waals surface area contributed by atoms with Crippen molar-refractivity contribution in [3.8, 4) is 11.5 Å². The van der Waals surface area contributed by atoms with Crippen LogP contribution in [0.5, 0.6) is 11.5 Å². The number of ether oxygens (including phenoxy) is 1. The molecule has 30 heavy (non-hydrogen) atoms. The van der Waals surface area contributed by atoms with Crippen LogP contribution in [-0.4, -0.2) is 60.5 Å². The standard InChI is InChI=1S/C23H29N3O4/c1-25(15-18-7-3-6-10-21(18)30-2)22(28)16-26-13-11-17(12-14-26)23(29)24-19-8-4-5-9-20(19)27/h3-10,17,27H,11-16H2,1-2H3,(H,24,29). The lowest BCUT2D eigenvalue weighted by molar-refractivity contribution is -0.132. The van der Waals surface area contributed by atoms with Gasteiger partial charge in [0, 0.05) is 25.1 Å². The zero-order chi connectivity index (χ0) is 21.5. The number of carbonyl (C=O) groups is 2. The van der Waals surface area contributed by atoms with Gasteiger partial charge in [0.05, 0.1) is 19.3 Å². The minimum atomic E-state index is -0.123. The first-order valence-electron chi connectivity index (χ1n) is 10.1. The number of hydrogen-bond donors (Lipinski definition) is 2. The summed E-state index contributed by atoms with van der Waals surface area (Å²) in [5.74, 6) is 0.663. The molecule has 0 unspecified atom stereocenters. The van der Waals surface area contributed by atoms with E-state index < -0.39 is 0 Å². The fourth-order valence-electron chi connectivity index (χ4n) is 3.66. The van der Waals surface area contributed by atoms with Gasteiger partial charge in [0.25, 0.3) is 0 Å². The Bertz CT molecular complexity index is 878. The van der Waals surface area contributed by atoms with Gasteiger partial charge in [0.15, 0.2) is 0 Å². The van der Waals surface area contributed by atoms with Crippen LogP contribution in [0.2, 0.25) is 0 Å². The maximum absolute atomic E-state index is 12.6. The third kappa shape index (κ3) is 5.51. The summed E-state index contributed by atoms with van der Waals surface area (Å²) in [6.07, 6.45) is 1.37. The Balaban J connectivity index is 1.46. The van der Waals surface area contributed by atoms with Crippen LogP contribution in [0, 0.1) is 5.92 Å². The van der Waals surface area contributed by atoms with Crippen LogP contribution in [0.15, 0.2) is 48.5 Å². The van der Waals surface area contributed by atoms with E-state index in [-0.39, 0.29) is 23.5 Å². The number of nitrogens with zero attached hydrogens (tertiary/aromatic N) is 2. The third-order valence-corrected chi connectivity index (χ3v) is 5.50. The van der Waals surface area contributed by atoms with Crippen molar-refractivity contribution in [3.05, 3.63) is 54.1 Å². The number of aromatic hydroxyl groups is 1. The number of anilines is 1. The number of likely N-dealkylation sites (tertiary alicyclic amines) is 1. The van der Waals surface area contributed by atoms with Gasteiger partial charge in [-0.05, 0) is 44.1 Å². The van der Waals surface area contributed by atoms with Crippen molar-refractivity contribution in [2.75, 3.05) is 39.1 Å². The van der Waals surface area contributed by atoms with Gasteiger partial charge in [-0.15, -0.1) is 0 Å². The maximum Gasteiger partial charge on any atom is 0.236 e. The van der Waals surface area contributed by atoms with Gasteiger partial charge in [-0.3, -0.25) is 14.5 Å². The Hall–Kier alpha value is -3.06. The number of benzene rings is 2. The predicted molar refractivity (Wildman–Crippen MR) is 115 cm³/mol.